The van der Waals surface area contributed by atoms with E-state index < -0.39 is 0 Å². The molecule has 0 radical (unpaired) electrons. The van der Waals surface area contributed by atoms with Gasteiger partial charge in [-0.1, -0.05) is 0 Å². The van der Waals surface area contributed by atoms with Crippen LogP contribution in [0.1, 0.15) is 11.5 Å². The van der Waals surface area contributed by atoms with Crippen LogP contribution in [0.2, 0.25) is 0 Å². The van der Waals surface area contributed by atoms with Crippen LogP contribution in [0.5, 0.6) is 0 Å². The molecule has 5 heteroatoms. The van der Waals surface area contributed by atoms with E-state index in [1.807, 2.05) is 11.8 Å². The Morgan fingerprint density at radius 3 is 2.69 bits per heavy atom. The molecule has 2 heterocycles. The fourth-order valence-corrected chi connectivity index (χ4v) is 1.80. The minimum atomic E-state index is 0.132. The quantitative estimate of drug-likeness (QED) is 0.723. The number of aryl methyl sites for hydroxylation is 1. The van der Waals surface area contributed by atoms with E-state index in [1.165, 1.54) is 6.39 Å². The van der Waals surface area contributed by atoms with Gasteiger partial charge in [-0.05, 0) is 14.0 Å². The fourth-order valence-electron chi connectivity index (χ4n) is 1.80. The van der Waals surface area contributed by atoms with Gasteiger partial charge in [-0.25, -0.2) is 4.98 Å². The Labute approximate surface area is 95.0 Å². The minimum Gasteiger partial charge on any atom is -0.448 e. The third-order valence-corrected chi connectivity index (χ3v) is 3.01. The van der Waals surface area contributed by atoms with Gasteiger partial charge in [0.15, 0.2) is 6.39 Å². The number of amides is 1. The second-order valence-electron chi connectivity index (χ2n) is 4.22. The van der Waals surface area contributed by atoms with E-state index in [2.05, 4.69) is 16.9 Å². The lowest BCUT2D eigenvalue weighted by molar-refractivity contribution is -0.132. The first-order valence-electron chi connectivity index (χ1n) is 5.52. The normalized spacial score (nSPS) is 17.8. The van der Waals surface area contributed by atoms with Crippen LogP contribution in [0.25, 0.3) is 0 Å². The van der Waals surface area contributed by atoms with Gasteiger partial charge in [0.25, 0.3) is 0 Å². The van der Waals surface area contributed by atoms with Crippen LogP contribution in [-0.2, 0) is 11.2 Å². The summed E-state index contributed by atoms with van der Waals surface area (Å²) in [5.74, 6) is 0.817. The van der Waals surface area contributed by atoms with E-state index in [0.29, 0.717) is 12.2 Å². The van der Waals surface area contributed by atoms with Gasteiger partial charge in [0, 0.05) is 26.2 Å². The van der Waals surface area contributed by atoms with Gasteiger partial charge in [-0.15, -0.1) is 0 Å². The van der Waals surface area contributed by atoms with Crippen molar-refractivity contribution in [3.05, 3.63) is 17.8 Å². The number of piperazine rings is 1. The summed E-state index contributed by atoms with van der Waals surface area (Å²) >= 11 is 0. The summed E-state index contributed by atoms with van der Waals surface area (Å²) in [4.78, 5) is 20.0. The molecule has 0 N–H and O–H groups in total. The maximum Gasteiger partial charge on any atom is 0.230 e. The van der Waals surface area contributed by atoms with Crippen LogP contribution in [0.15, 0.2) is 10.8 Å². The predicted molar refractivity (Wildman–Crippen MR) is 59.0 cm³/mol. The van der Waals surface area contributed by atoms with Crippen LogP contribution in [0, 0.1) is 6.92 Å². The topological polar surface area (TPSA) is 49.6 Å². The second-order valence-corrected chi connectivity index (χ2v) is 4.22. The van der Waals surface area contributed by atoms with E-state index in [4.69, 9.17) is 4.42 Å². The van der Waals surface area contributed by atoms with Crippen LogP contribution in [0.3, 0.4) is 0 Å². The van der Waals surface area contributed by atoms with Crippen molar-refractivity contribution in [1.82, 2.24) is 14.8 Å². The van der Waals surface area contributed by atoms with Crippen molar-refractivity contribution in [3.63, 3.8) is 0 Å². The maximum atomic E-state index is 11.9. The highest BCUT2D eigenvalue weighted by Gasteiger charge is 2.20. The number of nitrogens with zero attached hydrogens (tertiary/aromatic N) is 3. The lowest BCUT2D eigenvalue weighted by Gasteiger charge is -2.32. The molecule has 2 rings (SSSR count). The molecule has 0 aliphatic carbocycles. The Balaban J connectivity index is 1.91. The minimum absolute atomic E-state index is 0.132. The standard InChI is InChI=1S/C11H17N3O2/c1-9-10(16-8-12-9)7-11(15)14-5-3-13(2)4-6-14/h8H,3-7H2,1-2H3. The highest BCUT2D eigenvalue weighted by molar-refractivity contribution is 5.78. The summed E-state index contributed by atoms with van der Waals surface area (Å²) in [7, 11) is 2.07. The van der Waals surface area contributed by atoms with Gasteiger partial charge in [-0.3, -0.25) is 4.79 Å². The molecule has 0 spiro atoms. The second kappa shape index (κ2) is 4.65. The average Bonchev–Trinajstić information content (AvgIpc) is 2.65. The highest BCUT2D eigenvalue weighted by Crippen LogP contribution is 2.09. The number of hydrogen-bond acceptors (Lipinski definition) is 4. The summed E-state index contributed by atoms with van der Waals surface area (Å²) in [6.45, 7) is 5.36. The molecule has 5 nitrogen and oxygen atoms in total. The summed E-state index contributed by atoms with van der Waals surface area (Å²) in [6.07, 6.45) is 1.72. The smallest absolute Gasteiger partial charge is 0.230 e. The first-order chi connectivity index (χ1) is 7.66. The van der Waals surface area contributed by atoms with E-state index in [-0.39, 0.29) is 5.91 Å². The first kappa shape index (κ1) is 11.1. The molecule has 0 saturated carbocycles. The Morgan fingerprint density at radius 1 is 1.44 bits per heavy atom. The summed E-state index contributed by atoms with van der Waals surface area (Å²) < 4.78 is 5.18. The summed E-state index contributed by atoms with van der Waals surface area (Å²) in [5, 5.41) is 0. The fraction of sp³-hybridized carbons (Fsp3) is 0.636. The number of oxazole rings is 1. The third kappa shape index (κ3) is 2.41. The zero-order valence-electron chi connectivity index (χ0n) is 9.77. The van der Waals surface area contributed by atoms with Gasteiger partial charge in [0.2, 0.25) is 5.91 Å². The largest absolute Gasteiger partial charge is 0.448 e. The van der Waals surface area contributed by atoms with Gasteiger partial charge in [0.05, 0.1) is 12.1 Å². The molecule has 16 heavy (non-hydrogen) atoms. The Bertz CT molecular complexity index is 367. The number of carbonyl (C=O) groups is 1. The zero-order chi connectivity index (χ0) is 11.5. The van der Waals surface area contributed by atoms with Crippen LogP contribution >= 0.6 is 0 Å². The number of aromatic nitrogens is 1. The Morgan fingerprint density at radius 2 is 2.12 bits per heavy atom. The average molecular weight is 223 g/mol. The van der Waals surface area contributed by atoms with Gasteiger partial charge >= 0.3 is 0 Å². The number of carbonyl (C=O) groups excluding carboxylic acids is 1. The molecular formula is C11H17N3O2. The molecule has 1 aromatic heterocycles. The van der Waals surface area contributed by atoms with Crippen molar-refractivity contribution in [2.24, 2.45) is 0 Å². The molecule has 88 valence electrons. The third-order valence-electron chi connectivity index (χ3n) is 3.01. The molecule has 1 aromatic rings. The molecule has 1 amide bonds. The summed E-state index contributed by atoms with van der Waals surface area (Å²) in [5.41, 5.74) is 0.808. The zero-order valence-corrected chi connectivity index (χ0v) is 9.77. The molecule has 0 bridgehead atoms. The molecule has 1 aliphatic rings. The van der Waals surface area contributed by atoms with E-state index in [0.717, 1.165) is 31.9 Å². The van der Waals surface area contributed by atoms with Gasteiger partial charge in [0.1, 0.15) is 5.76 Å². The molecule has 1 saturated heterocycles. The van der Waals surface area contributed by atoms with Crippen LogP contribution in [-0.4, -0.2) is 53.9 Å². The number of hydrogen-bond donors (Lipinski definition) is 0. The number of rotatable bonds is 2. The summed E-state index contributed by atoms with van der Waals surface area (Å²) in [6, 6.07) is 0. The lowest BCUT2D eigenvalue weighted by atomic mass is 10.2. The van der Waals surface area contributed by atoms with Gasteiger partial charge < -0.3 is 14.2 Å². The highest BCUT2D eigenvalue weighted by atomic mass is 16.3. The van der Waals surface area contributed by atoms with E-state index in [1.54, 1.807) is 0 Å². The first-order valence-corrected chi connectivity index (χ1v) is 5.52. The van der Waals surface area contributed by atoms with Crippen molar-refractivity contribution in [3.8, 4) is 0 Å². The van der Waals surface area contributed by atoms with E-state index in [9.17, 15) is 4.79 Å². The number of likely N-dealkylation sites (N-methyl/N-ethyl adjacent to an activating group) is 1. The molecule has 1 fully saturated rings. The molecular weight excluding hydrogens is 206 g/mol. The van der Waals surface area contributed by atoms with Crippen molar-refractivity contribution >= 4 is 5.91 Å². The Hall–Kier alpha value is -1.36. The SMILES string of the molecule is Cc1ncoc1CC(=O)N1CCN(C)CC1. The maximum absolute atomic E-state index is 11.9. The van der Waals surface area contributed by atoms with Crippen LogP contribution in [0.4, 0.5) is 0 Å². The van der Waals surface area contributed by atoms with Crippen molar-refractivity contribution in [2.75, 3.05) is 33.2 Å². The predicted octanol–water partition coefficient (Wildman–Crippen LogP) is 0.300. The van der Waals surface area contributed by atoms with Crippen LogP contribution < -0.4 is 0 Å². The van der Waals surface area contributed by atoms with Gasteiger partial charge in [-0.2, -0.15) is 0 Å². The van der Waals surface area contributed by atoms with Crippen molar-refractivity contribution in [1.29, 1.82) is 0 Å². The monoisotopic (exact) mass is 223 g/mol. The molecule has 0 aromatic carbocycles. The molecule has 0 unspecified atom stereocenters. The van der Waals surface area contributed by atoms with Crippen molar-refractivity contribution in [2.45, 2.75) is 13.3 Å². The van der Waals surface area contributed by atoms with E-state index >= 15 is 0 Å². The Kier molecular flexibility index (Phi) is 3.24. The molecule has 1 aliphatic heterocycles. The van der Waals surface area contributed by atoms with Crippen molar-refractivity contribution < 1.29 is 9.21 Å². The molecule has 0 atom stereocenters. The lowest BCUT2D eigenvalue weighted by Crippen LogP contribution is -2.47.